The number of carbonyl (C=O) groups is 1. The molecule has 2 aromatic rings. The number of benzene rings is 1. The summed E-state index contributed by atoms with van der Waals surface area (Å²) in [5.41, 5.74) is 0.348. The van der Waals surface area contributed by atoms with Crippen LogP contribution in [0.1, 0.15) is 30.6 Å². The molecule has 24 heavy (non-hydrogen) atoms. The molecule has 0 aliphatic rings. The first-order valence-corrected chi connectivity index (χ1v) is 8.67. The zero-order chi connectivity index (χ0) is 17.7. The smallest absolute Gasteiger partial charge is 0.341 e. The normalized spacial score (nSPS) is 10.5. The Balaban J connectivity index is 2.48. The van der Waals surface area contributed by atoms with Gasteiger partial charge in [0.2, 0.25) is 0 Å². The molecule has 0 unspecified atom stereocenters. The van der Waals surface area contributed by atoms with E-state index in [1.165, 1.54) is 22.9 Å². The minimum Gasteiger partial charge on any atom is -0.462 e. The summed E-state index contributed by atoms with van der Waals surface area (Å²) in [6.07, 6.45) is 2.21. The summed E-state index contributed by atoms with van der Waals surface area (Å²) in [6, 6.07) is 5.95. The third kappa shape index (κ3) is 4.34. The molecule has 2 rings (SSSR count). The summed E-state index contributed by atoms with van der Waals surface area (Å²) in [5, 5.41) is 2.82. The highest BCUT2D eigenvalue weighted by Crippen LogP contribution is 2.24. The highest BCUT2D eigenvalue weighted by molar-refractivity contribution is 14.1. The van der Waals surface area contributed by atoms with Crippen LogP contribution < -0.4 is 10.9 Å². The van der Waals surface area contributed by atoms with Gasteiger partial charge in [-0.15, -0.1) is 0 Å². The third-order valence-electron chi connectivity index (χ3n) is 3.29. The molecule has 0 bridgehead atoms. The topological polar surface area (TPSA) is 60.3 Å². The number of aromatic nitrogens is 1. The molecular weight excluding hydrogens is 426 g/mol. The van der Waals surface area contributed by atoms with E-state index in [4.69, 9.17) is 4.74 Å². The zero-order valence-corrected chi connectivity index (χ0v) is 15.6. The molecule has 0 spiro atoms. The van der Waals surface area contributed by atoms with E-state index in [1.807, 2.05) is 29.5 Å². The molecule has 7 heteroatoms. The number of hydrogen-bond donors (Lipinski definition) is 1. The first-order chi connectivity index (χ1) is 11.5. The van der Waals surface area contributed by atoms with E-state index in [0.29, 0.717) is 6.54 Å². The summed E-state index contributed by atoms with van der Waals surface area (Å²) < 4.78 is 21.3. The number of ether oxygens (including phenoxy) is 1. The summed E-state index contributed by atoms with van der Waals surface area (Å²) in [6.45, 7) is 4.34. The Morgan fingerprint density at radius 2 is 2.04 bits per heavy atom. The van der Waals surface area contributed by atoms with Gasteiger partial charge in [-0.25, -0.2) is 9.18 Å². The Hall–Kier alpha value is -1.90. The maximum Gasteiger partial charge on any atom is 0.341 e. The van der Waals surface area contributed by atoms with E-state index >= 15 is 0 Å². The number of carbonyl (C=O) groups excluding carboxylic acids is 1. The van der Waals surface area contributed by atoms with Crippen molar-refractivity contribution < 1.29 is 13.9 Å². The Bertz CT molecular complexity index is 805. The second-order valence-electron chi connectivity index (χ2n) is 5.10. The highest BCUT2D eigenvalue weighted by Gasteiger charge is 2.16. The van der Waals surface area contributed by atoms with Crippen LogP contribution >= 0.6 is 22.6 Å². The molecule has 1 heterocycles. The number of rotatable bonds is 6. The summed E-state index contributed by atoms with van der Waals surface area (Å²) in [5.74, 6) is -1.02. The van der Waals surface area contributed by atoms with Gasteiger partial charge in [-0.05, 0) is 54.1 Å². The van der Waals surface area contributed by atoms with Crippen LogP contribution in [0.2, 0.25) is 0 Å². The van der Waals surface area contributed by atoms with Gasteiger partial charge in [-0.2, -0.15) is 0 Å². The number of anilines is 2. The molecule has 0 saturated carbocycles. The number of aryl methyl sites for hydroxylation is 1. The largest absolute Gasteiger partial charge is 0.462 e. The Morgan fingerprint density at radius 3 is 2.67 bits per heavy atom. The fourth-order valence-corrected chi connectivity index (χ4v) is 2.65. The molecule has 128 valence electrons. The number of hydrogen-bond acceptors (Lipinski definition) is 4. The van der Waals surface area contributed by atoms with E-state index in [9.17, 15) is 14.0 Å². The molecular formula is C17H18FIN2O3. The van der Waals surface area contributed by atoms with Crippen molar-refractivity contribution in [1.82, 2.24) is 4.57 Å². The quantitative estimate of drug-likeness (QED) is 0.542. The number of nitrogens with zero attached hydrogens (tertiary/aromatic N) is 1. The molecule has 0 radical (unpaired) electrons. The molecule has 0 aliphatic carbocycles. The molecule has 0 saturated heterocycles. The molecule has 1 N–H and O–H groups in total. The van der Waals surface area contributed by atoms with E-state index < -0.39 is 11.8 Å². The van der Waals surface area contributed by atoms with Gasteiger partial charge in [-0.1, -0.05) is 6.92 Å². The predicted molar refractivity (Wildman–Crippen MR) is 99.3 cm³/mol. The number of halogens is 2. The molecule has 1 aromatic heterocycles. The second-order valence-corrected chi connectivity index (χ2v) is 6.35. The first-order valence-electron chi connectivity index (χ1n) is 7.60. The van der Waals surface area contributed by atoms with Crippen LogP contribution in [-0.2, 0) is 11.3 Å². The van der Waals surface area contributed by atoms with E-state index in [2.05, 4.69) is 5.32 Å². The lowest BCUT2D eigenvalue weighted by Gasteiger charge is -2.14. The van der Waals surface area contributed by atoms with Crippen LogP contribution in [0.3, 0.4) is 0 Å². The number of nitrogens with one attached hydrogen (secondary N) is 1. The van der Waals surface area contributed by atoms with Crippen molar-refractivity contribution in [1.29, 1.82) is 0 Å². The molecule has 1 aromatic carbocycles. The van der Waals surface area contributed by atoms with Gasteiger partial charge in [-0.3, -0.25) is 4.79 Å². The van der Waals surface area contributed by atoms with E-state index in [1.54, 1.807) is 19.1 Å². The Morgan fingerprint density at radius 1 is 1.29 bits per heavy atom. The van der Waals surface area contributed by atoms with Crippen LogP contribution in [0.15, 0.2) is 35.3 Å². The Kier molecular flexibility index (Phi) is 6.36. The molecule has 5 nitrogen and oxygen atoms in total. The van der Waals surface area contributed by atoms with Gasteiger partial charge in [0, 0.05) is 22.4 Å². The summed E-state index contributed by atoms with van der Waals surface area (Å²) >= 11 is 2.00. The standard InChI is InChI=1S/C17H18FIN2O3/c1-3-7-21-10-12(17(23)24-4-2)15(9-16(21)22)20-14-6-5-11(19)8-13(14)18/h5-6,8-10,20H,3-4,7H2,1-2H3. The SMILES string of the molecule is CCCn1cc(C(=O)OCC)c(Nc2ccc(I)cc2F)cc1=O. The fraction of sp³-hybridized carbons (Fsp3) is 0.294. The van der Waals surface area contributed by atoms with Crippen LogP contribution in [0.4, 0.5) is 15.8 Å². The first kappa shape index (κ1) is 18.4. The van der Waals surface area contributed by atoms with Gasteiger partial charge in [0.1, 0.15) is 5.82 Å². The Labute approximate surface area is 153 Å². The van der Waals surface area contributed by atoms with Crippen molar-refractivity contribution in [2.45, 2.75) is 26.8 Å². The van der Waals surface area contributed by atoms with Gasteiger partial charge < -0.3 is 14.6 Å². The molecule has 0 fully saturated rings. The second kappa shape index (κ2) is 8.27. The van der Waals surface area contributed by atoms with Crippen molar-refractivity contribution in [3.63, 3.8) is 0 Å². The third-order valence-corrected chi connectivity index (χ3v) is 3.96. The fourth-order valence-electron chi connectivity index (χ4n) is 2.20. The lowest BCUT2D eigenvalue weighted by Crippen LogP contribution is -2.22. The summed E-state index contributed by atoms with van der Waals surface area (Å²) in [4.78, 5) is 24.4. The maximum absolute atomic E-state index is 14.1. The van der Waals surface area contributed by atoms with Crippen molar-refractivity contribution in [2.24, 2.45) is 0 Å². The molecule has 0 atom stereocenters. The van der Waals surface area contributed by atoms with Crippen molar-refractivity contribution in [3.05, 3.63) is 55.8 Å². The number of esters is 1. The van der Waals surface area contributed by atoms with Crippen molar-refractivity contribution >= 4 is 39.9 Å². The van der Waals surface area contributed by atoms with Gasteiger partial charge in [0.25, 0.3) is 5.56 Å². The average molecular weight is 444 g/mol. The predicted octanol–water partition coefficient (Wildman–Crippen LogP) is 3.92. The highest BCUT2D eigenvalue weighted by atomic mass is 127. The van der Waals surface area contributed by atoms with Crippen LogP contribution in [0.25, 0.3) is 0 Å². The van der Waals surface area contributed by atoms with Gasteiger partial charge in [0.15, 0.2) is 0 Å². The monoisotopic (exact) mass is 444 g/mol. The van der Waals surface area contributed by atoms with Crippen LogP contribution in [0.5, 0.6) is 0 Å². The van der Waals surface area contributed by atoms with Crippen LogP contribution in [0, 0.1) is 9.39 Å². The minimum absolute atomic E-state index is 0.189. The van der Waals surface area contributed by atoms with Crippen LogP contribution in [-0.4, -0.2) is 17.1 Å². The zero-order valence-electron chi connectivity index (χ0n) is 13.4. The number of pyridine rings is 1. The van der Waals surface area contributed by atoms with Crippen molar-refractivity contribution in [3.8, 4) is 0 Å². The van der Waals surface area contributed by atoms with Gasteiger partial charge >= 0.3 is 5.97 Å². The lowest BCUT2D eigenvalue weighted by atomic mass is 10.2. The van der Waals surface area contributed by atoms with E-state index in [-0.39, 0.29) is 29.1 Å². The maximum atomic E-state index is 14.1. The molecule has 0 aliphatic heterocycles. The van der Waals surface area contributed by atoms with Crippen molar-refractivity contribution in [2.75, 3.05) is 11.9 Å². The minimum atomic E-state index is -0.559. The average Bonchev–Trinajstić information content (AvgIpc) is 2.53. The van der Waals surface area contributed by atoms with Gasteiger partial charge in [0.05, 0.1) is 23.5 Å². The van der Waals surface area contributed by atoms with E-state index in [0.717, 1.165) is 9.99 Å². The molecule has 0 amide bonds. The summed E-state index contributed by atoms with van der Waals surface area (Å²) in [7, 11) is 0. The lowest BCUT2D eigenvalue weighted by molar-refractivity contribution is 0.0526.